The van der Waals surface area contributed by atoms with E-state index in [9.17, 15) is 0 Å². The van der Waals surface area contributed by atoms with Crippen molar-refractivity contribution >= 4 is 0 Å². The first-order valence-electron chi connectivity index (χ1n) is 8.59. The largest absolute Gasteiger partial charge is 0.481 e. The lowest BCUT2D eigenvalue weighted by Gasteiger charge is -2.06. The topological polar surface area (TPSA) is 18.5 Å². The van der Waals surface area contributed by atoms with Gasteiger partial charge in [-0.3, -0.25) is 0 Å². The zero-order chi connectivity index (χ0) is 15.9. The third-order valence-electron chi connectivity index (χ3n) is 3.66. The highest BCUT2D eigenvalue weighted by Gasteiger charge is 1.96. The second-order valence-electron chi connectivity index (χ2n) is 5.66. The average molecular weight is 302 g/mol. The fraction of sp³-hybridized carbons (Fsp3) is 0.600. The third-order valence-corrected chi connectivity index (χ3v) is 3.66. The van der Waals surface area contributed by atoms with Crippen LogP contribution in [0.25, 0.3) is 0 Å². The molecule has 0 aliphatic rings. The Morgan fingerprint density at radius 3 is 2.18 bits per heavy atom. The van der Waals surface area contributed by atoms with Gasteiger partial charge in [0.05, 0.1) is 6.61 Å². The molecule has 122 valence electrons. The Hall–Kier alpha value is -1.46. The summed E-state index contributed by atoms with van der Waals surface area (Å²) in [5, 5.41) is 0. The molecular formula is C20H30O2. The summed E-state index contributed by atoms with van der Waals surface area (Å²) in [6, 6.07) is 7.93. The van der Waals surface area contributed by atoms with Crippen molar-refractivity contribution in [1.82, 2.24) is 0 Å². The average Bonchev–Trinajstić information content (AvgIpc) is 2.56. The van der Waals surface area contributed by atoms with Crippen LogP contribution in [0, 0.1) is 12.3 Å². The molecule has 0 spiro atoms. The van der Waals surface area contributed by atoms with Gasteiger partial charge in [-0.2, -0.15) is 0 Å². The SMILES string of the molecule is C#CCOc1ccc(COCCCCCCCCCC)cc1. The molecule has 0 aliphatic carbocycles. The molecular weight excluding hydrogens is 272 g/mol. The van der Waals surface area contributed by atoms with Gasteiger partial charge in [-0.05, 0) is 24.1 Å². The van der Waals surface area contributed by atoms with Crippen molar-refractivity contribution in [2.24, 2.45) is 0 Å². The quantitative estimate of drug-likeness (QED) is 0.361. The number of rotatable bonds is 13. The lowest BCUT2D eigenvalue weighted by molar-refractivity contribution is 0.116. The molecule has 0 aliphatic heterocycles. The molecule has 0 atom stereocenters. The van der Waals surface area contributed by atoms with Gasteiger partial charge in [0.2, 0.25) is 0 Å². The summed E-state index contributed by atoms with van der Waals surface area (Å²) in [6.07, 6.45) is 15.8. The van der Waals surface area contributed by atoms with Gasteiger partial charge in [-0.1, -0.05) is 69.9 Å². The first-order chi connectivity index (χ1) is 10.9. The van der Waals surface area contributed by atoms with Crippen LogP contribution >= 0.6 is 0 Å². The zero-order valence-electron chi connectivity index (χ0n) is 14.0. The van der Waals surface area contributed by atoms with Gasteiger partial charge in [0, 0.05) is 6.61 Å². The number of hydrogen-bond acceptors (Lipinski definition) is 2. The predicted octanol–water partition coefficient (Wildman–Crippen LogP) is 5.36. The van der Waals surface area contributed by atoms with Crippen LogP contribution in [0.3, 0.4) is 0 Å². The molecule has 0 saturated carbocycles. The van der Waals surface area contributed by atoms with E-state index in [0.29, 0.717) is 13.2 Å². The highest BCUT2D eigenvalue weighted by atomic mass is 16.5. The molecule has 0 heterocycles. The van der Waals surface area contributed by atoms with Gasteiger partial charge >= 0.3 is 0 Å². The molecule has 0 bridgehead atoms. The molecule has 22 heavy (non-hydrogen) atoms. The van der Waals surface area contributed by atoms with Crippen LogP contribution in [-0.4, -0.2) is 13.2 Å². The number of benzene rings is 1. The van der Waals surface area contributed by atoms with Gasteiger partial charge in [0.25, 0.3) is 0 Å². The maximum Gasteiger partial charge on any atom is 0.148 e. The molecule has 0 amide bonds. The summed E-state index contributed by atoms with van der Waals surface area (Å²) in [4.78, 5) is 0. The minimum atomic E-state index is 0.314. The monoisotopic (exact) mass is 302 g/mol. The summed E-state index contributed by atoms with van der Waals surface area (Å²) in [6.45, 7) is 4.10. The van der Waals surface area contributed by atoms with Crippen LogP contribution in [0.2, 0.25) is 0 Å². The van der Waals surface area contributed by atoms with E-state index in [1.807, 2.05) is 24.3 Å². The van der Waals surface area contributed by atoms with Gasteiger partial charge in [-0.15, -0.1) is 6.42 Å². The molecule has 0 aromatic heterocycles. The fourth-order valence-electron chi connectivity index (χ4n) is 2.33. The zero-order valence-corrected chi connectivity index (χ0v) is 14.0. The molecule has 1 aromatic carbocycles. The molecule has 1 aromatic rings. The Morgan fingerprint density at radius 2 is 1.55 bits per heavy atom. The molecule has 2 heteroatoms. The first-order valence-corrected chi connectivity index (χ1v) is 8.59. The second-order valence-corrected chi connectivity index (χ2v) is 5.66. The standard InChI is InChI=1S/C20H30O2/c1-3-5-6-7-8-9-10-11-17-21-18-19-12-14-20(15-13-19)22-16-4-2/h2,12-15H,3,5-11,16-18H2,1H3. The predicted molar refractivity (Wildman–Crippen MR) is 93.0 cm³/mol. The highest BCUT2D eigenvalue weighted by molar-refractivity contribution is 5.27. The molecule has 0 unspecified atom stereocenters. The number of terminal acetylenes is 1. The van der Waals surface area contributed by atoms with Crippen molar-refractivity contribution in [1.29, 1.82) is 0 Å². The van der Waals surface area contributed by atoms with Crippen molar-refractivity contribution in [3.63, 3.8) is 0 Å². The summed E-state index contributed by atoms with van der Waals surface area (Å²) in [5.41, 5.74) is 1.17. The third kappa shape index (κ3) is 9.47. The molecule has 1 rings (SSSR count). The van der Waals surface area contributed by atoms with Crippen molar-refractivity contribution in [3.05, 3.63) is 29.8 Å². The summed E-state index contributed by atoms with van der Waals surface area (Å²) < 4.78 is 11.1. The van der Waals surface area contributed by atoms with E-state index in [1.165, 1.54) is 50.5 Å². The molecule has 0 fully saturated rings. The molecule has 0 N–H and O–H groups in total. The maximum atomic E-state index is 5.71. The van der Waals surface area contributed by atoms with E-state index in [-0.39, 0.29) is 0 Å². The van der Waals surface area contributed by atoms with Crippen molar-refractivity contribution in [3.8, 4) is 18.1 Å². The first kappa shape index (κ1) is 18.6. The number of ether oxygens (including phenoxy) is 2. The van der Waals surface area contributed by atoms with Crippen molar-refractivity contribution < 1.29 is 9.47 Å². The van der Waals surface area contributed by atoms with Crippen LogP contribution in [-0.2, 0) is 11.3 Å². The summed E-state index contributed by atoms with van der Waals surface area (Å²) in [5.74, 6) is 3.27. The normalized spacial score (nSPS) is 10.4. The summed E-state index contributed by atoms with van der Waals surface area (Å²) in [7, 11) is 0. The van der Waals surface area contributed by atoms with E-state index >= 15 is 0 Å². The minimum Gasteiger partial charge on any atom is -0.481 e. The van der Waals surface area contributed by atoms with Gasteiger partial charge < -0.3 is 9.47 Å². The van der Waals surface area contributed by atoms with Crippen LogP contribution in [0.4, 0.5) is 0 Å². The van der Waals surface area contributed by atoms with Crippen LogP contribution in [0.15, 0.2) is 24.3 Å². The lowest BCUT2D eigenvalue weighted by Crippen LogP contribution is -1.97. The molecule has 0 saturated heterocycles. The Morgan fingerprint density at radius 1 is 0.909 bits per heavy atom. The molecule has 2 nitrogen and oxygen atoms in total. The van der Waals surface area contributed by atoms with E-state index in [1.54, 1.807) is 0 Å². The Kier molecular flexibility index (Phi) is 11.2. The smallest absolute Gasteiger partial charge is 0.148 e. The van der Waals surface area contributed by atoms with Gasteiger partial charge in [-0.25, -0.2) is 0 Å². The van der Waals surface area contributed by atoms with Crippen LogP contribution in [0.5, 0.6) is 5.75 Å². The van der Waals surface area contributed by atoms with Gasteiger partial charge in [0.1, 0.15) is 12.4 Å². The number of unbranched alkanes of at least 4 members (excludes halogenated alkanes) is 7. The molecule has 0 radical (unpaired) electrons. The van der Waals surface area contributed by atoms with Crippen molar-refractivity contribution in [2.45, 2.75) is 64.9 Å². The lowest BCUT2D eigenvalue weighted by atomic mass is 10.1. The Balaban J connectivity index is 1.97. The summed E-state index contributed by atoms with van der Waals surface area (Å²) >= 11 is 0. The fourth-order valence-corrected chi connectivity index (χ4v) is 2.33. The highest BCUT2D eigenvalue weighted by Crippen LogP contribution is 2.13. The maximum absolute atomic E-state index is 5.71. The van der Waals surface area contributed by atoms with Gasteiger partial charge in [0.15, 0.2) is 0 Å². The number of hydrogen-bond donors (Lipinski definition) is 0. The van der Waals surface area contributed by atoms with Crippen LogP contribution in [0.1, 0.15) is 63.9 Å². The van der Waals surface area contributed by atoms with E-state index in [0.717, 1.165) is 18.8 Å². The second kappa shape index (κ2) is 13.2. The van der Waals surface area contributed by atoms with Crippen molar-refractivity contribution in [2.75, 3.05) is 13.2 Å². The van der Waals surface area contributed by atoms with E-state index < -0.39 is 0 Å². The minimum absolute atomic E-state index is 0.314. The Bertz CT molecular complexity index is 403. The van der Waals surface area contributed by atoms with Crippen LogP contribution < -0.4 is 4.74 Å². The van der Waals surface area contributed by atoms with E-state index in [2.05, 4.69) is 12.8 Å². The van der Waals surface area contributed by atoms with E-state index in [4.69, 9.17) is 15.9 Å². The Labute approximate surface area is 136 Å².